The van der Waals surface area contributed by atoms with Crippen molar-refractivity contribution in [3.05, 3.63) is 188 Å². The molecule has 0 bridgehead atoms. The van der Waals surface area contributed by atoms with Gasteiger partial charge in [-0.3, -0.25) is 9.38 Å². The van der Waals surface area contributed by atoms with E-state index in [-0.39, 0.29) is 0 Å². The Balaban J connectivity index is 0.920. The Morgan fingerprint density at radius 2 is 1.02 bits per heavy atom. The zero-order valence-corrected chi connectivity index (χ0v) is 31.0. The second kappa shape index (κ2) is 12.2. The van der Waals surface area contributed by atoms with E-state index in [0.29, 0.717) is 0 Å². The zero-order chi connectivity index (χ0) is 36.7. The van der Waals surface area contributed by atoms with Crippen molar-refractivity contribution in [1.82, 2.24) is 14.4 Å². The molecule has 0 spiro atoms. The van der Waals surface area contributed by atoms with Gasteiger partial charge in [-0.1, -0.05) is 152 Å². The van der Waals surface area contributed by atoms with Crippen LogP contribution in [0.15, 0.2) is 188 Å². The van der Waals surface area contributed by atoms with Crippen molar-refractivity contribution in [2.24, 2.45) is 0 Å². The van der Waals surface area contributed by atoms with E-state index >= 15 is 0 Å². The van der Waals surface area contributed by atoms with Crippen LogP contribution in [0.3, 0.4) is 0 Å². The molecule has 0 fully saturated rings. The molecule has 4 aromatic heterocycles. The number of rotatable bonds is 4. The summed E-state index contributed by atoms with van der Waals surface area (Å²) in [5, 5.41) is 8.60. The first kappa shape index (κ1) is 31.2. The first-order valence-electron chi connectivity index (χ1n) is 19.0. The Morgan fingerprint density at radius 1 is 0.411 bits per heavy atom. The van der Waals surface area contributed by atoms with E-state index in [9.17, 15) is 0 Å². The third-order valence-electron chi connectivity index (χ3n) is 11.5. The van der Waals surface area contributed by atoms with Gasteiger partial charge in [-0.15, -0.1) is 11.3 Å². The Bertz CT molecular complexity index is 3520. The summed E-state index contributed by atoms with van der Waals surface area (Å²) in [6.07, 6.45) is 1.97. The van der Waals surface area contributed by atoms with E-state index in [4.69, 9.17) is 9.97 Å². The molecule has 0 saturated heterocycles. The number of hydrogen-bond acceptors (Lipinski definition) is 3. The molecule has 0 unspecified atom stereocenters. The number of hydrogen-bond donors (Lipinski definition) is 0. The van der Waals surface area contributed by atoms with Gasteiger partial charge in [0.1, 0.15) is 0 Å². The van der Waals surface area contributed by atoms with Gasteiger partial charge in [0.15, 0.2) is 5.65 Å². The molecule has 0 N–H and O–H groups in total. The fraction of sp³-hybridized carbons (Fsp3) is 0. The van der Waals surface area contributed by atoms with Gasteiger partial charge in [-0.05, 0) is 85.4 Å². The summed E-state index contributed by atoms with van der Waals surface area (Å²) in [7, 11) is 0. The summed E-state index contributed by atoms with van der Waals surface area (Å²) in [4.78, 5) is 9.95. The van der Waals surface area contributed by atoms with Gasteiger partial charge < -0.3 is 0 Å². The molecule has 3 nitrogen and oxygen atoms in total. The van der Waals surface area contributed by atoms with E-state index in [0.717, 1.165) is 33.5 Å². The molecule has 0 aliphatic rings. The standard InChI is InChI=1S/C52H31N3S/c1-2-10-38-37(9-1)31-53-47-29-36(25-26-43(38)47)32-17-19-33(20-18-32)39-27-28-40(42-12-4-3-11-41(39)42)34-21-23-35(24-22-34)49-30-45-44-13-5-8-16-50(44)56-51(45)52-54-46-14-6-7-15-48(46)55(49)52/h1-31H. The SMILES string of the molecule is c1ccc2c(c1)cnc1cc(-c3ccc(-c4ccc(-c5ccc(-c6cc7c8ccccc8sc7c7nc8ccccc8n67)cc5)c5ccccc45)cc3)ccc12. The Labute approximate surface area is 326 Å². The van der Waals surface area contributed by atoms with Crippen LogP contribution >= 0.6 is 11.3 Å². The van der Waals surface area contributed by atoms with Crippen LogP contribution in [-0.4, -0.2) is 14.4 Å². The van der Waals surface area contributed by atoms with E-state index in [2.05, 4.69) is 186 Å². The highest BCUT2D eigenvalue weighted by atomic mass is 32.1. The summed E-state index contributed by atoms with van der Waals surface area (Å²) in [6.45, 7) is 0. The van der Waals surface area contributed by atoms with Crippen molar-refractivity contribution in [1.29, 1.82) is 0 Å². The van der Waals surface area contributed by atoms with E-state index in [1.54, 1.807) is 0 Å². The Hall–Kier alpha value is -7.14. The number of pyridine rings is 2. The maximum atomic E-state index is 5.17. The van der Waals surface area contributed by atoms with Gasteiger partial charge in [0.2, 0.25) is 0 Å². The number of para-hydroxylation sites is 2. The molecule has 4 heteroatoms. The number of thiophene rings is 1. The van der Waals surface area contributed by atoms with E-state index in [1.165, 1.54) is 80.5 Å². The molecule has 0 aliphatic heterocycles. The fourth-order valence-electron chi connectivity index (χ4n) is 8.72. The Morgan fingerprint density at radius 3 is 1.79 bits per heavy atom. The predicted octanol–water partition coefficient (Wildman–Crippen LogP) is 14.4. The summed E-state index contributed by atoms with van der Waals surface area (Å²) in [5.74, 6) is 0. The number of imidazole rings is 1. The van der Waals surface area contributed by atoms with Gasteiger partial charge in [-0.2, -0.15) is 0 Å². The Kier molecular flexibility index (Phi) is 6.80. The zero-order valence-electron chi connectivity index (χ0n) is 30.1. The largest absolute Gasteiger partial charge is 0.291 e. The smallest absolute Gasteiger partial charge is 0.156 e. The molecule has 0 radical (unpaired) electrons. The minimum Gasteiger partial charge on any atom is -0.291 e. The topological polar surface area (TPSA) is 30.2 Å². The van der Waals surface area contributed by atoms with Crippen LogP contribution in [0, 0.1) is 0 Å². The van der Waals surface area contributed by atoms with Gasteiger partial charge in [0, 0.05) is 32.4 Å². The second-order valence-electron chi connectivity index (χ2n) is 14.6. The lowest BCUT2D eigenvalue weighted by molar-refractivity contribution is 1.25. The van der Waals surface area contributed by atoms with Crippen molar-refractivity contribution in [2.75, 3.05) is 0 Å². The van der Waals surface area contributed by atoms with Crippen LogP contribution in [0.4, 0.5) is 0 Å². The lowest BCUT2D eigenvalue weighted by atomic mass is 9.91. The van der Waals surface area contributed by atoms with Crippen molar-refractivity contribution in [3.8, 4) is 44.6 Å². The summed E-state index contributed by atoms with van der Waals surface area (Å²) in [6, 6.07) is 66.0. The van der Waals surface area contributed by atoms with Crippen LogP contribution in [0.25, 0.3) is 114 Å². The maximum absolute atomic E-state index is 5.17. The average molecular weight is 730 g/mol. The van der Waals surface area contributed by atoms with E-state index in [1.807, 2.05) is 17.5 Å². The molecule has 4 heterocycles. The molecule has 12 aromatic rings. The first-order valence-corrected chi connectivity index (χ1v) is 19.8. The summed E-state index contributed by atoms with van der Waals surface area (Å²) >= 11 is 1.82. The molecule has 56 heavy (non-hydrogen) atoms. The highest BCUT2D eigenvalue weighted by Crippen LogP contribution is 2.42. The maximum Gasteiger partial charge on any atom is 0.156 e. The minimum atomic E-state index is 1.01. The van der Waals surface area contributed by atoms with Crippen LogP contribution in [0.5, 0.6) is 0 Å². The third kappa shape index (κ3) is 4.76. The quantitative estimate of drug-likeness (QED) is 0.169. The first-order chi connectivity index (χ1) is 27.7. The van der Waals surface area contributed by atoms with Crippen molar-refractivity contribution < 1.29 is 0 Å². The van der Waals surface area contributed by atoms with Crippen LogP contribution in [-0.2, 0) is 0 Å². The van der Waals surface area contributed by atoms with E-state index < -0.39 is 0 Å². The molecule has 8 aromatic carbocycles. The average Bonchev–Trinajstić information content (AvgIpc) is 3.85. The second-order valence-corrected chi connectivity index (χ2v) is 15.6. The molecule has 0 amide bonds. The van der Waals surface area contributed by atoms with Gasteiger partial charge in [0.25, 0.3) is 0 Å². The van der Waals surface area contributed by atoms with Gasteiger partial charge >= 0.3 is 0 Å². The summed E-state index contributed by atoms with van der Waals surface area (Å²) < 4.78 is 4.85. The van der Waals surface area contributed by atoms with Crippen LogP contribution in [0.1, 0.15) is 0 Å². The van der Waals surface area contributed by atoms with Crippen molar-refractivity contribution in [2.45, 2.75) is 0 Å². The fourth-order valence-corrected chi connectivity index (χ4v) is 9.88. The number of benzene rings is 8. The summed E-state index contributed by atoms with van der Waals surface area (Å²) in [5.41, 5.74) is 13.7. The predicted molar refractivity (Wildman–Crippen MR) is 238 cm³/mol. The molecule has 260 valence electrons. The van der Waals surface area contributed by atoms with Crippen LogP contribution in [0.2, 0.25) is 0 Å². The highest BCUT2D eigenvalue weighted by molar-refractivity contribution is 7.26. The minimum absolute atomic E-state index is 1.01. The van der Waals surface area contributed by atoms with Crippen LogP contribution < -0.4 is 0 Å². The number of fused-ring (bicyclic) bond motifs is 11. The lowest BCUT2D eigenvalue weighted by Gasteiger charge is -2.14. The lowest BCUT2D eigenvalue weighted by Crippen LogP contribution is -1.93. The molecule has 0 atom stereocenters. The third-order valence-corrected chi connectivity index (χ3v) is 12.6. The molecular weight excluding hydrogens is 699 g/mol. The van der Waals surface area contributed by atoms with Crippen molar-refractivity contribution >= 4 is 80.6 Å². The van der Waals surface area contributed by atoms with Gasteiger partial charge in [0.05, 0.1) is 26.9 Å². The molecule has 0 aliphatic carbocycles. The monoisotopic (exact) mass is 729 g/mol. The molecule has 0 saturated carbocycles. The molecular formula is C52H31N3S. The molecule has 12 rings (SSSR count). The normalized spacial score (nSPS) is 11.9. The van der Waals surface area contributed by atoms with Crippen molar-refractivity contribution in [3.63, 3.8) is 0 Å². The number of aromatic nitrogens is 3. The highest BCUT2D eigenvalue weighted by Gasteiger charge is 2.18. The number of nitrogens with zero attached hydrogens (tertiary/aromatic N) is 3. The van der Waals surface area contributed by atoms with Gasteiger partial charge in [-0.25, -0.2) is 4.98 Å².